The quantitative estimate of drug-likeness (QED) is 0.759. The number of carbonyl (C=O) groups excluding carboxylic acids is 1. The van der Waals surface area contributed by atoms with Crippen LogP contribution >= 0.6 is 0 Å². The van der Waals surface area contributed by atoms with Gasteiger partial charge in [0.2, 0.25) is 0 Å². The van der Waals surface area contributed by atoms with E-state index in [-0.39, 0.29) is 5.78 Å². The van der Waals surface area contributed by atoms with Gasteiger partial charge in [-0.05, 0) is 17.4 Å². The van der Waals surface area contributed by atoms with Gasteiger partial charge in [0.15, 0.2) is 5.78 Å². The van der Waals surface area contributed by atoms with Crippen molar-refractivity contribution in [2.75, 3.05) is 0 Å². The molecule has 0 amide bonds. The Labute approximate surface area is 113 Å². The van der Waals surface area contributed by atoms with Crippen molar-refractivity contribution in [2.45, 2.75) is 38.5 Å². The Morgan fingerprint density at radius 3 is 2.84 bits per heavy atom. The van der Waals surface area contributed by atoms with Crippen molar-refractivity contribution < 1.29 is 4.79 Å². The summed E-state index contributed by atoms with van der Waals surface area (Å²) in [6.45, 7) is 0. The molecular formula is C17H19NO. The predicted molar refractivity (Wildman–Crippen MR) is 77.3 cm³/mol. The van der Waals surface area contributed by atoms with E-state index in [1.807, 2.05) is 30.5 Å². The van der Waals surface area contributed by atoms with E-state index >= 15 is 0 Å². The molecule has 98 valence electrons. The second kappa shape index (κ2) is 5.52. The van der Waals surface area contributed by atoms with E-state index in [1.54, 1.807) is 6.20 Å². The van der Waals surface area contributed by atoms with Gasteiger partial charge in [-0.3, -0.25) is 9.78 Å². The number of pyridine rings is 1. The third-order valence-electron chi connectivity index (χ3n) is 4.18. The van der Waals surface area contributed by atoms with Gasteiger partial charge in [0.05, 0.1) is 0 Å². The molecule has 1 aromatic heterocycles. The first-order valence-electron chi connectivity index (χ1n) is 7.20. The zero-order valence-electron chi connectivity index (χ0n) is 11.1. The second-order valence-corrected chi connectivity index (χ2v) is 5.53. The normalized spacial score (nSPS) is 16.6. The number of hydrogen-bond acceptors (Lipinski definition) is 2. The summed E-state index contributed by atoms with van der Waals surface area (Å²) in [5, 5.41) is 2.09. The fourth-order valence-electron chi connectivity index (χ4n) is 3.12. The number of benzene rings is 1. The van der Waals surface area contributed by atoms with Gasteiger partial charge < -0.3 is 0 Å². The molecule has 0 spiro atoms. The average Bonchev–Trinajstić information content (AvgIpc) is 2.47. The maximum absolute atomic E-state index is 12.5. The minimum absolute atomic E-state index is 0.283. The van der Waals surface area contributed by atoms with Crippen molar-refractivity contribution in [1.82, 2.24) is 4.98 Å². The third-order valence-corrected chi connectivity index (χ3v) is 4.18. The summed E-state index contributed by atoms with van der Waals surface area (Å²) in [6.07, 6.45) is 10.6. The molecule has 0 saturated heterocycles. The van der Waals surface area contributed by atoms with Crippen LogP contribution in [0, 0.1) is 5.92 Å². The van der Waals surface area contributed by atoms with Gasteiger partial charge in [0.1, 0.15) is 0 Å². The first-order chi connectivity index (χ1) is 9.34. The lowest BCUT2D eigenvalue weighted by Gasteiger charge is -2.20. The molecule has 1 saturated carbocycles. The average molecular weight is 253 g/mol. The second-order valence-electron chi connectivity index (χ2n) is 5.53. The zero-order valence-corrected chi connectivity index (χ0v) is 11.1. The Morgan fingerprint density at radius 2 is 2.00 bits per heavy atom. The minimum Gasteiger partial charge on any atom is -0.294 e. The van der Waals surface area contributed by atoms with Crippen LogP contribution in [0.15, 0.2) is 36.7 Å². The van der Waals surface area contributed by atoms with Crippen LogP contribution in [0.4, 0.5) is 0 Å². The van der Waals surface area contributed by atoms with Gasteiger partial charge in [-0.1, -0.05) is 50.3 Å². The zero-order chi connectivity index (χ0) is 13.1. The van der Waals surface area contributed by atoms with E-state index in [2.05, 4.69) is 4.98 Å². The van der Waals surface area contributed by atoms with Crippen LogP contribution in [0.3, 0.4) is 0 Å². The first kappa shape index (κ1) is 12.3. The largest absolute Gasteiger partial charge is 0.294 e. The van der Waals surface area contributed by atoms with E-state index in [9.17, 15) is 4.79 Å². The highest BCUT2D eigenvalue weighted by atomic mass is 16.1. The monoisotopic (exact) mass is 253 g/mol. The maximum Gasteiger partial charge on any atom is 0.163 e. The molecule has 19 heavy (non-hydrogen) atoms. The molecule has 1 heterocycles. The number of nitrogens with zero attached hydrogens (tertiary/aromatic N) is 1. The van der Waals surface area contributed by atoms with E-state index in [0.29, 0.717) is 12.3 Å². The van der Waals surface area contributed by atoms with Gasteiger partial charge in [-0.25, -0.2) is 0 Å². The maximum atomic E-state index is 12.5. The van der Waals surface area contributed by atoms with Gasteiger partial charge in [-0.2, -0.15) is 0 Å². The topological polar surface area (TPSA) is 30.0 Å². The van der Waals surface area contributed by atoms with Crippen molar-refractivity contribution in [1.29, 1.82) is 0 Å². The van der Waals surface area contributed by atoms with Crippen molar-refractivity contribution >= 4 is 16.6 Å². The Kier molecular flexibility index (Phi) is 3.58. The molecule has 0 unspecified atom stereocenters. The third kappa shape index (κ3) is 2.67. The molecule has 2 heteroatoms. The number of aromatic nitrogens is 1. The van der Waals surface area contributed by atoms with Crippen LogP contribution in [-0.4, -0.2) is 10.8 Å². The smallest absolute Gasteiger partial charge is 0.163 e. The minimum atomic E-state index is 0.283. The fourth-order valence-corrected chi connectivity index (χ4v) is 3.12. The van der Waals surface area contributed by atoms with Gasteiger partial charge in [0, 0.05) is 29.8 Å². The molecule has 2 aromatic rings. The molecule has 0 aliphatic heterocycles. The van der Waals surface area contributed by atoms with E-state index in [0.717, 1.165) is 16.3 Å². The highest BCUT2D eigenvalue weighted by Gasteiger charge is 2.19. The molecule has 0 atom stereocenters. The summed E-state index contributed by atoms with van der Waals surface area (Å²) in [6, 6.07) is 7.91. The predicted octanol–water partition coefficient (Wildman–Crippen LogP) is 4.39. The molecule has 0 N–H and O–H groups in total. The molecule has 1 aliphatic carbocycles. The molecule has 1 aliphatic rings. The van der Waals surface area contributed by atoms with Crippen molar-refractivity contribution in [3.05, 3.63) is 42.2 Å². The van der Waals surface area contributed by atoms with Gasteiger partial charge >= 0.3 is 0 Å². The lowest BCUT2D eigenvalue weighted by molar-refractivity contribution is 0.0952. The molecule has 2 nitrogen and oxygen atoms in total. The van der Waals surface area contributed by atoms with Crippen LogP contribution in [0.5, 0.6) is 0 Å². The van der Waals surface area contributed by atoms with Crippen molar-refractivity contribution in [2.24, 2.45) is 5.92 Å². The summed E-state index contributed by atoms with van der Waals surface area (Å²) >= 11 is 0. The van der Waals surface area contributed by atoms with Crippen LogP contribution in [0.1, 0.15) is 48.9 Å². The number of Topliss-reactive ketones (excluding diaryl/α,β-unsaturated/α-hetero) is 1. The molecular weight excluding hydrogens is 234 g/mol. The van der Waals surface area contributed by atoms with Crippen LogP contribution in [0.25, 0.3) is 10.8 Å². The SMILES string of the molecule is O=C(CC1CCCCC1)c1cccc2ccncc12. The fraction of sp³-hybridized carbons (Fsp3) is 0.412. The van der Waals surface area contributed by atoms with E-state index in [4.69, 9.17) is 0 Å². The highest BCUT2D eigenvalue weighted by molar-refractivity contribution is 6.07. The lowest BCUT2D eigenvalue weighted by Crippen LogP contribution is -2.12. The Balaban J connectivity index is 1.85. The number of ketones is 1. The summed E-state index contributed by atoms with van der Waals surface area (Å²) in [5.74, 6) is 0.874. The molecule has 1 aromatic carbocycles. The number of rotatable bonds is 3. The number of hydrogen-bond donors (Lipinski definition) is 0. The summed E-state index contributed by atoms with van der Waals surface area (Å²) in [5.41, 5.74) is 0.844. The van der Waals surface area contributed by atoms with E-state index < -0.39 is 0 Å². The Hall–Kier alpha value is -1.70. The standard InChI is InChI=1S/C17H19NO/c19-17(11-13-5-2-1-3-6-13)15-8-4-7-14-9-10-18-12-16(14)15/h4,7-10,12-13H,1-3,5-6,11H2. The van der Waals surface area contributed by atoms with Crippen LogP contribution in [-0.2, 0) is 0 Å². The molecule has 3 rings (SSSR count). The van der Waals surface area contributed by atoms with Crippen molar-refractivity contribution in [3.63, 3.8) is 0 Å². The van der Waals surface area contributed by atoms with Crippen LogP contribution in [0.2, 0.25) is 0 Å². The number of carbonyl (C=O) groups is 1. The molecule has 1 fully saturated rings. The Morgan fingerprint density at radius 1 is 1.16 bits per heavy atom. The molecule has 0 bridgehead atoms. The summed E-state index contributed by atoms with van der Waals surface area (Å²) in [4.78, 5) is 16.6. The summed E-state index contributed by atoms with van der Waals surface area (Å²) < 4.78 is 0. The van der Waals surface area contributed by atoms with E-state index in [1.165, 1.54) is 32.1 Å². The summed E-state index contributed by atoms with van der Waals surface area (Å²) in [7, 11) is 0. The van der Waals surface area contributed by atoms with Crippen LogP contribution < -0.4 is 0 Å². The van der Waals surface area contributed by atoms with Crippen molar-refractivity contribution in [3.8, 4) is 0 Å². The molecule has 0 radical (unpaired) electrons. The highest BCUT2D eigenvalue weighted by Crippen LogP contribution is 2.28. The lowest BCUT2D eigenvalue weighted by atomic mass is 9.84. The first-order valence-corrected chi connectivity index (χ1v) is 7.20. The Bertz CT molecular complexity index is 579. The van der Waals surface area contributed by atoms with Gasteiger partial charge in [0.25, 0.3) is 0 Å². The number of fused-ring (bicyclic) bond motifs is 1. The van der Waals surface area contributed by atoms with Gasteiger partial charge in [-0.15, -0.1) is 0 Å².